The lowest BCUT2D eigenvalue weighted by Crippen LogP contribution is -2.01. The Balaban J connectivity index is 2.80. The monoisotopic (exact) mass is 202 g/mol. The average Bonchev–Trinajstić information content (AvgIpc) is 2.64. The maximum atomic E-state index is 11.0. The molecule has 0 amide bonds. The van der Waals surface area contributed by atoms with Crippen LogP contribution in [0.5, 0.6) is 0 Å². The Hall–Kier alpha value is -0.910. The maximum absolute atomic E-state index is 11.0. The van der Waals surface area contributed by atoms with Crippen LogP contribution in [0.15, 0.2) is 11.4 Å². The number of thiophene rings is 1. The molecular weight excluding hydrogens is 192 g/mol. The fourth-order valence-electron chi connectivity index (χ4n) is 0.842. The van der Waals surface area contributed by atoms with Crippen molar-refractivity contribution in [2.24, 2.45) is 0 Å². The summed E-state index contributed by atoms with van der Waals surface area (Å²) in [5.74, 6) is -0.437. The third-order valence-electron chi connectivity index (χ3n) is 1.54. The van der Waals surface area contributed by atoms with Crippen molar-refractivity contribution in [2.45, 2.75) is 6.10 Å². The summed E-state index contributed by atoms with van der Waals surface area (Å²) in [7, 11) is 1.29. The van der Waals surface area contributed by atoms with Crippen molar-refractivity contribution in [2.75, 3.05) is 13.7 Å². The highest BCUT2D eigenvalue weighted by molar-refractivity contribution is 7.10. The summed E-state index contributed by atoms with van der Waals surface area (Å²) in [6.07, 6.45) is -0.914. The van der Waals surface area contributed by atoms with E-state index in [1.807, 2.05) is 0 Å². The van der Waals surface area contributed by atoms with Gasteiger partial charge in [0.25, 0.3) is 0 Å². The van der Waals surface area contributed by atoms with E-state index >= 15 is 0 Å². The van der Waals surface area contributed by atoms with E-state index < -0.39 is 12.1 Å². The van der Waals surface area contributed by atoms with Gasteiger partial charge in [-0.3, -0.25) is 0 Å². The zero-order valence-corrected chi connectivity index (χ0v) is 7.87. The molecule has 0 saturated carbocycles. The normalized spacial score (nSPS) is 12.5. The van der Waals surface area contributed by atoms with Crippen molar-refractivity contribution in [3.63, 3.8) is 0 Å². The zero-order chi connectivity index (χ0) is 9.84. The van der Waals surface area contributed by atoms with Gasteiger partial charge in [0.2, 0.25) is 0 Å². The van der Waals surface area contributed by atoms with Crippen LogP contribution in [0.4, 0.5) is 0 Å². The van der Waals surface area contributed by atoms with E-state index in [0.29, 0.717) is 10.4 Å². The molecule has 4 nitrogen and oxygen atoms in total. The van der Waals surface area contributed by atoms with E-state index in [9.17, 15) is 9.90 Å². The van der Waals surface area contributed by atoms with E-state index in [1.165, 1.54) is 24.5 Å². The van der Waals surface area contributed by atoms with Crippen LogP contribution in [0.25, 0.3) is 0 Å². The van der Waals surface area contributed by atoms with Gasteiger partial charge >= 0.3 is 5.97 Å². The van der Waals surface area contributed by atoms with Crippen molar-refractivity contribution >= 4 is 17.3 Å². The molecule has 2 N–H and O–H groups in total. The predicted octanol–water partition coefficient (Wildman–Crippen LogP) is 0.560. The number of ether oxygens (including phenoxy) is 1. The Bertz CT molecular complexity index is 294. The van der Waals surface area contributed by atoms with Crippen molar-refractivity contribution in [1.82, 2.24) is 0 Å². The van der Waals surface area contributed by atoms with Gasteiger partial charge in [-0.1, -0.05) is 0 Å². The second-order valence-electron chi connectivity index (χ2n) is 2.43. The number of methoxy groups -OCH3 is 1. The fraction of sp³-hybridized carbons (Fsp3) is 0.375. The minimum Gasteiger partial charge on any atom is -0.465 e. The smallest absolute Gasteiger partial charge is 0.338 e. The van der Waals surface area contributed by atoms with Gasteiger partial charge in [-0.05, 0) is 6.07 Å². The van der Waals surface area contributed by atoms with Crippen LogP contribution in [0, 0.1) is 0 Å². The first-order valence-electron chi connectivity index (χ1n) is 3.64. The predicted molar refractivity (Wildman–Crippen MR) is 47.7 cm³/mol. The highest BCUT2D eigenvalue weighted by atomic mass is 32.1. The number of carbonyl (C=O) groups excluding carboxylic acids is 1. The molecule has 1 heterocycles. The molecule has 5 heteroatoms. The minimum absolute atomic E-state index is 0.346. The second-order valence-corrected chi connectivity index (χ2v) is 3.37. The lowest BCUT2D eigenvalue weighted by atomic mass is 10.2. The van der Waals surface area contributed by atoms with E-state index in [-0.39, 0.29) is 6.61 Å². The molecule has 13 heavy (non-hydrogen) atoms. The van der Waals surface area contributed by atoms with Gasteiger partial charge in [0.05, 0.1) is 19.3 Å². The second kappa shape index (κ2) is 4.36. The number of esters is 1. The first-order valence-corrected chi connectivity index (χ1v) is 4.52. The summed E-state index contributed by atoms with van der Waals surface area (Å²) in [4.78, 5) is 11.5. The Kier molecular flexibility index (Phi) is 3.41. The maximum Gasteiger partial charge on any atom is 0.338 e. The Morgan fingerprint density at radius 1 is 1.77 bits per heavy atom. The number of rotatable bonds is 3. The van der Waals surface area contributed by atoms with E-state index in [1.54, 1.807) is 5.38 Å². The van der Waals surface area contributed by atoms with Crippen LogP contribution in [0.2, 0.25) is 0 Å². The van der Waals surface area contributed by atoms with Crippen LogP contribution in [0.3, 0.4) is 0 Å². The van der Waals surface area contributed by atoms with Gasteiger partial charge in [-0.25, -0.2) is 4.79 Å². The summed E-state index contributed by atoms with van der Waals surface area (Å²) in [5, 5.41) is 19.4. The lowest BCUT2D eigenvalue weighted by Gasteiger charge is -2.01. The van der Waals surface area contributed by atoms with Gasteiger partial charge in [0.1, 0.15) is 6.10 Å². The number of hydrogen-bond acceptors (Lipinski definition) is 5. The van der Waals surface area contributed by atoms with Gasteiger partial charge in [-0.2, -0.15) is 0 Å². The molecule has 0 aromatic carbocycles. The first-order chi connectivity index (χ1) is 6.19. The van der Waals surface area contributed by atoms with Gasteiger partial charge in [0.15, 0.2) is 0 Å². The highest BCUT2D eigenvalue weighted by Crippen LogP contribution is 2.22. The number of carbonyl (C=O) groups is 1. The lowest BCUT2D eigenvalue weighted by molar-refractivity contribution is 0.0600. The largest absolute Gasteiger partial charge is 0.465 e. The van der Waals surface area contributed by atoms with Crippen molar-refractivity contribution < 1.29 is 19.7 Å². The summed E-state index contributed by atoms with van der Waals surface area (Å²) >= 11 is 1.22. The standard InChI is InChI=1S/C8H10O4S/c1-12-8(11)5-2-7(13-4-5)6(10)3-9/h2,4,6,9-10H,3H2,1H3. The third kappa shape index (κ3) is 2.27. The minimum atomic E-state index is -0.914. The molecule has 0 aliphatic rings. The molecule has 0 bridgehead atoms. The van der Waals surface area contributed by atoms with Crippen LogP contribution in [-0.2, 0) is 4.74 Å². The molecule has 1 aromatic rings. The zero-order valence-electron chi connectivity index (χ0n) is 7.06. The van der Waals surface area contributed by atoms with E-state index in [4.69, 9.17) is 5.11 Å². The average molecular weight is 202 g/mol. The van der Waals surface area contributed by atoms with Crippen LogP contribution < -0.4 is 0 Å². The van der Waals surface area contributed by atoms with Gasteiger partial charge < -0.3 is 14.9 Å². The SMILES string of the molecule is COC(=O)c1csc(C(O)CO)c1. The van der Waals surface area contributed by atoms with Gasteiger partial charge in [-0.15, -0.1) is 11.3 Å². The molecule has 0 aliphatic heterocycles. The fourth-order valence-corrected chi connectivity index (χ4v) is 1.70. The molecule has 0 radical (unpaired) electrons. The molecule has 0 fully saturated rings. The third-order valence-corrected chi connectivity index (χ3v) is 2.58. The topological polar surface area (TPSA) is 66.8 Å². The molecule has 0 spiro atoms. The van der Waals surface area contributed by atoms with Crippen molar-refractivity contribution in [3.8, 4) is 0 Å². The molecular formula is C8H10O4S. The molecule has 0 aliphatic carbocycles. The highest BCUT2D eigenvalue weighted by Gasteiger charge is 2.13. The Morgan fingerprint density at radius 2 is 2.46 bits per heavy atom. The summed E-state index contributed by atoms with van der Waals surface area (Å²) in [6, 6.07) is 1.51. The Morgan fingerprint density at radius 3 is 3.00 bits per heavy atom. The molecule has 1 aromatic heterocycles. The number of hydrogen-bond donors (Lipinski definition) is 2. The first kappa shape index (κ1) is 10.2. The summed E-state index contributed by atoms with van der Waals surface area (Å²) < 4.78 is 4.49. The number of aliphatic hydroxyl groups is 2. The van der Waals surface area contributed by atoms with Crippen LogP contribution >= 0.6 is 11.3 Å². The van der Waals surface area contributed by atoms with E-state index in [0.717, 1.165) is 0 Å². The molecule has 1 rings (SSSR count). The molecule has 0 saturated heterocycles. The Labute approximate surface area is 79.4 Å². The molecule has 1 unspecified atom stereocenters. The van der Waals surface area contributed by atoms with Crippen LogP contribution in [0.1, 0.15) is 21.3 Å². The molecule has 1 atom stereocenters. The molecule has 72 valence electrons. The summed E-state index contributed by atoms with van der Waals surface area (Å²) in [5.41, 5.74) is 0.398. The van der Waals surface area contributed by atoms with Crippen molar-refractivity contribution in [3.05, 3.63) is 21.9 Å². The van der Waals surface area contributed by atoms with E-state index in [2.05, 4.69) is 4.74 Å². The van der Waals surface area contributed by atoms with Crippen molar-refractivity contribution in [1.29, 1.82) is 0 Å². The summed E-state index contributed by atoms with van der Waals surface area (Å²) in [6.45, 7) is -0.346. The number of aliphatic hydroxyl groups excluding tert-OH is 2. The van der Waals surface area contributed by atoms with Gasteiger partial charge in [0, 0.05) is 10.3 Å². The quantitative estimate of drug-likeness (QED) is 0.703. The van der Waals surface area contributed by atoms with Crippen LogP contribution in [-0.4, -0.2) is 29.9 Å².